The highest BCUT2D eigenvalue weighted by atomic mass is 16.5. The van der Waals surface area contributed by atoms with Crippen LogP contribution < -0.4 is 10.5 Å². The molecule has 2 atom stereocenters. The van der Waals surface area contributed by atoms with E-state index in [0.717, 1.165) is 30.8 Å². The van der Waals surface area contributed by atoms with Crippen molar-refractivity contribution >= 4 is 0 Å². The molecular weight excluding hydrogens is 200 g/mol. The summed E-state index contributed by atoms with van der Waals surface area (Å²) in [5.74, 6) is 1.28. The Morgan fingerprint density at radius 3 is 2.75 bits per heavy atom. The molecular formula is C13H22N2O. The number of hydrogen-bond acceptors (Lipinski definition) is 3. The molecule has 16 heavy (non-hydrogen) atoms. The Morgan fingerprint density at radius 1 is 1.38 bits per heavy atom. The lowest BCUT2D eigenvalue weighted by atomic mass is 9.94. The van der Waals surface area contributed by atoms with Crippen LogP contribution in [0.15, 0.2) is 18.5 Å². The maximum absolute atomic E-state index is 6.15. The Labute approximate surface area is 98.0 Å². The summed E-state index contributed by atoms with van der Waals surface area (Å²) < 4.78 is 5.54. The molecule has 0 fully saturated rings. The molecule has 0 aromatic carbocycles. The van der Waals surface area contributed by atoms with Crippen LogP contribution in [0.2, 0.25) is 0 Å². The van der Waals surface area contributed by atoms with Gasteiger partial charge in [-0.15, -0.1) is 0 Å². The average Bonchev–Trinajstić information content (AvgIpc) is 2.34. The SMILES string of the molecule is CCCOc1cncc(C(N)C(C)CC)c1. The number of nitrogens with zero attached hydrogens (tertiary/aromatic N) is 1. The first-order valence-electron chi connectivity index (χ1n) is 6.02. The van der Waals surface area contributed by atoms with E-state index in [1.807, 2.05) is 12.3 Å². The van der Waals surface area contributed by atoms with Crippen molar-refractivity contribution in [1.82, 2.24) is 4.98 Å². The van der Waals surface area contributed by atoms with E-state index in [2.05, 4.69) is 25.8 Å². The van der Waals surface area contributed by atoms with Crippen molar-refractivity contribution in [3.05, 3.63) is 24.0 Å². The molecule has 3 nitrogen and oxygen atoms in total. The van der Waals surface area contributed by atoms with Crippen molar-refractivity contribution in [2.75, 3.05) is 6.61 Å². The van der Waals surface area contributed by atoms with E-state index >= 15 is 0 Å². The van der Waals surface area contributed by atoms with Gasteiger partial charge >= 0.3 is 0 Å². The highest BCUT2D eigenvalue weighted by molar-refractivity contribution is 5.26. The van der Waals surface area contributed by atoms with Gasteiger partial charge in [-0.25, -0.2) is 0 Å². The highest BCUT2D eigenvalue weighted by Gasteiger charge is 2.13. The van der Waals surface area contributed by atoms with E-state index in [1.54, 1.807) is 6.20 Å². The lowest BCUT2D eigenvalue weighted by molar-refractivity contribution is 0.315. The van der Waals surface area contributed by atoms with Crippen LogP contribution in [0.25, 0.3) is 0 Å². The molecule has 0 aliphatic heterocycles. The first kappa shape index (κ1) is 13.0. The Morgan fingerprint density at radius 2 is 2.12 bits per heavy atom. The van der Waals surface area contributed by atoms with Gasteiger partial charge in [-0.1, -0.05) is 27.2 Å². The molecule has 1 heterocycles. The minimum Gasteiger partial charge on any atom is -0.492 e. The Hall–Kier alpha value is -1.09. The summed E-state index contributed by atoms with van der Waals surface area (Å²) in [5.41, 5.74) is 7.21. The number of nitrogens with two attached hydrogens (primary N) is 1. The topological polar surface area (TPSA) is 48.1 Å². The van der Waals surface area contributed by atoms with Gasteiger partial charge in [0, 0.05) is 12.2 Å². The first-order chi connectivity index (χ1) is 7.69. The number of ether oxygens (including phenoxy) is 1. The van der Waals surface area contributed by atoms with Gasteiger partial charge in [-0.3, -0.25) is 4.98 Å². The van der Waals surface area contributed by atoms with Crippen molar-refractivity contribution in [3.63, 3.8) is 0 Å². The molecule has 90 valence electrons. The van der Waals surface area contributed by atoms with Crippen LogP contribution in [0.3, 0.4) is 0 Å². The van der Waals surface area contributed by atoms with Crippen molar-refractivity contribution in [3.8, 4) is 5.75 Å². The molecule has 0 spiro atoms. The predicted molar refractivity (Wildman–Crippen MR) is 66.4 cm³/mol. The molecule has 0 aliphatic carbocycles. The van der Waals surface area contributed by atoms with Gasteiger partial charge in [0.2, 0.25) is 0 Å². The lowest BCUT2D eigenvalue weighted by Crippen LogP contribution is -2.18. The third kappa shape index (κ3) is 3.49. The smallest absolute Gasteiger partial charge is 0.137 e. The van der Waals surface area contributed by atoms with Crippen LogP contribution >= 0.6 is 0 Å². The molecule has 2 unspecified atom stereocenters. The summed E-state index contributed by atoms with van der Waals surface area (Å²) in [6.07, 6.45) is 5.64. The van der Waals surface area contributed by atoms with Crippen LogP contribution in [-0.4, -0.2) is 11.6 Å². The molecule has 1 aromatic heterocycles. The van der Waals surface area contributed by atoms with Gasteiger partial charge < -0.3 is 10.5 Å². The molecule has 0 saturated carbocycles. The second-order valence-corrected chi connectivity index (χ2v) is 4.21. The zero-order valence-electron chi connectivity index (χ0n) is 10.4. The Kier molecular flexibility index (Phi) is 5.26. The fourth-order valence-electron chi connectivity index (χ4n) is 1.50. The van der Waals surface area contributed by atoms with E-state index in [-0.39, 0.29) is 6.04 Å². The monoisotopic (exact) mass is 222 g/mol. The summed E-state index contributed by atoms with van der Waals surface area (Å²) in [5, 5.41) is 0. The first-order valence-corrected chi connectivity index (χ1v) is 6.02. The number of rotatable bonds is 6. The van der Waals surface area contributed by atoms with Gasteiger partial charge in [-0.2, -0.15) is 0 Å². The van der Waals surface area contributed by atoms with Crippen LogP contribution in [0, 0.1) is 5.92 Å². The zero-order valence-corrected chi connectivity index (χ0v) is 10.4. The van der Waals surface area contributed by atoms with Crippen LogP contribution in [-0.2, 0) is 0 Å². The fraction of sp³-hybridized carbons (Fsp3) is 0.615. The molecule has 1 aromatic rings. The van der Waals surface area contributed by atoms with E-state index in [1.165, 1.54) is 0 Å². The van der Waals surface area contributed by atoms with Gasteiger partial charge in [0.05, 0.1) is 12.8 Å². The Bertz CT molecular complexity index is 315. The van der Waals surface area contributed by atoms with Crippen LogP contribution in [0.5, 0.6) is 5.75 Å². The maximum Gasteiger partial charge on any atom is 0.137 e. The number of pyridine rings is 1. The van der Waals surface area contributed by atoms with Crippen molar-refractivity contribution < 1.29 is 4.74 Å². The molecule has 0 radical (unpaired) electrons. The third-order valence-corrected chi connectivity index (χ3v) is 2.85. The molecule has 0 amide bonds. The quantitative estimate of drug-likeness (QED) is 0.805. The Balaban J connectivity index is 2.73. The summed E-state index contributed by atoms with van der Waals surface area (Å²) in [6, 6.07) is 2.04. The lowest BCUT2D eigenvalue weighted by Gasteiger charge is -2.18. The van der Waals surface area contributed by atoms with Gasteiger partial charge in [0.25, 0.3) is 0 Å². The predicted octanol–water partition coefficient (Wildman–Crippen LogP) is 2.92. The molecule has 2 N–H and O–H groups in total. The average molecular weight is 222 g/mol. The summed E-state index contributed by atoms with van der Waals surface area (Å²) in [6.45, 7) is 7.12. The highest BCUT2D eigenvalue weighted by Crippen LogP contribution is 2.23. The van der Waals surface area contributed by atoms with Gasteiger partial charge in [-0.05, 0) is 24.0 Å². The molecule has 0 saturated heterocycles. The van der Waals surface area contributed by atoms with Gasteiger partial charge in [0.15, 0.2) is 0 Å². The molecule has 3 heteroatoms. The van der Waals surface area contributed by atoms with Crippen LogP contribution in [0.1, 0.15) is 45.2 Å². The standard InChI is InChI=1S/C13H22N2O/c1-4-6-16-12-7-11(8-15-9-12)13(14)10(3)5-2/h7-10,13H,4-6,14H2,1-3H3. The normalized spacial score (nSPS) is 14.5. The summed E-state index contributed by atoms with van der Waals surface area (Å²) in [7, 11) is 0. The van der Waals surface area contributed by atoms with Gasteiger partial charge in [0.1, 0.15) is 5.75 Å². The second kappa shape index (κ2) is 6.48. The molecule has 1 rings (SSSR count). The third-order valence-electron chi connectivity index (χ3n) is 2.85. The van der Waals surface area contributed by atoms with Crippen LogP contribution in [0.4, 0.5) is 0 Å². The second-order valence-electron chi connectivity index (χ2n) is 4.21. The number of hydrogen-bond donors (Lipinski definition) is 1. The van der Waals surface area contributed by atoms with E-state index in [0.29, 0.717) is 5.92 Å². The molecule has 0 aliphatic rings. The molecule has 0 bridgehead atoms. The van der Waals surface area contributed by atoms with E-state index in [9.17, 15) is 0 Å². The zero-order chi connectivity index (χ0) is 12.0. The van der Waals surface area contributed by atoms with Crippen molar-refractivity contribution in [1.29, 1.82) is 0 Å². The van der Waals surface area contributed by atoms with E-state index in [4.69, 9.17) is 10.5 Å². The largest absolute Gasteiger partial charge is 0.492 e. The minimum absolute atomic E-state index is 0.0441. The van der Waals surface area contributed by atoms with Crippen molar-refractivity contribution in [2.45, 2.75) is 39.7 Å². The fourth-order valence-corrected chi connectivity index (χ4v) is 1.50. The number of aromatic nitrogens is 1. The van der Waals surface area contributed by atoms with Crippen molar-refractivity contribution in [2.24, 2.45) is 11.7 Å². The minimum atomic E-state index is 0.0441. The van der Waals surface area contributed by atoms with E-state index < -0.39 is 0 Å². The maximum atomic E-state index is 6.15. The summed E-state index contributed by atoms with van der Waals surface area (Å²) >= 11 is 0. The summed E-state index contributed by atoms with van der Waals surface area (Å²) in [4.78, 5) is 4.17.